The number of nitrogens with zero attached hydrogens (tertiary/aromatic N) is 2. The molecule has 1 saturated heterocycles. The molecule has 1 heterocycles. The maximum Gasteiger partial charge on any atom is 0.161 e. The van der Waals surface area contributed by atoms with Crippen LogP contribution in [0.1, 0.15) is 23.7 Å². The number of aliphatic hydroxyl groups is 1. The van der Waals surface area contributed by atoms with Gasteiger partial charge in [-0.15, -0.1) is 0 Å². The lowest BCUT2D eigenvalue weighted by atomic mass is 10.1. The van der Waals surface area contributed by atoms with Crippen LogP contribution >= 0.6 is 11.6 Å². The molecule has 1 N–H and O–H groups in total. The van der Waals surface area contributed by atoms with E-state index in [1.807, 2.05) is 12.1 Å². The Kier molecular flexibility index (Phi) is 5.40. The fourth-order valence-corrected chi connectivity index (χ4v) is 2.89. The summed E-state index contributed by atoms with van der Waals surface area (Å²) in [5.41, 5.74) is 1.64. The summed E-state index contributed by atoms with van der Waals surface area (Å²) < 4.78 is 0. The van der Waals surface area contributed by atoms with Gasteiger partial charge in [-0.05, 0) is 38.1 Å². The monoisotopic (exact) mass is 296 g/mol. The van der Waals surface area contributed by atoms with Crippen molar-refractivity contribution in [2.24, 2.45) is 0 Å². The fourth-order valence-electron chi connectivity index (χ4n) is 2.58. The van der Waals surface area contributed by atoms with Gasteiger partial charge in [0.25, 0.3) is 0 Å². The SMILES string of the molecule is CC(=O)c1ccc(N2CCCN(CCO)CC2)cc1Cl. The van der Waals surface area contributed by atoms with E-state index < -0.39 is 0 Å². The highest BCUT2D eigenvalue weighted by Gasteiger charge is 2.16. The highest BCUT2D eigenvalue weighted by molar-refractivity contribution is 6.34. The fraction of sp³-hybridized carbons (Fsp3) is 0.533. The largest absolute Gasteiger partial charge is 0.395 e. The first-order valence-electron chi connectivity index (χ1n) is 7.00. The molecule has 0 aromatic heterocycles. The van der Waals surface area contributed by atoms with E-state index in [9.17, 15) is 4.79 Å². The third-order valence-corrected chi connectivity index (χ3v) is 4.01. The van der Waals surface area contributed by atoms with Crippen LogP contribution < -0.4 is 4.90 Å². The number of halogens is 1. The molecular formula is C15H21ClN2O2. The first-order valence-corrected chi connectivity index (χ1v) is 7.38. The van der Waals surface area contributed by atoms with E-state index >= 15 is 0 Å². The van der Waals surface area contributed by atoms with Crippen LogP contribution in [0.2, 0.25) is 5.02 Å². The highest BCUT2D eigenvalue weighted by atomic mass is 35.5. The van der Waals surface area contributed by atoms with E-state index in [0.717, 1.165) is 44.8 Å². The molecule has 1 fully saturated rings. The molecule has 0 saturated carbocycles. The predicted molar refractivity (Wildman–Crippen MR) is 81.8 cm³/mol. The third-order valence-electron chi connectivity index (χ3n) is 3.70. The molecule has 0 amide bonds. The summed E-state index contributed by atoms with van der Waals surface area (Å²) in [6, 6.07) is 5.64. The van der Waals surface area contributed by atoms with Crippen molar-refractivity contribution in [2.75, 3.05) is 44.2 Å². The quantitative estimate of drug-likeness (QED) is 0.864. The van der Waals surface area contributed by atoms with Crippen LogP contribution in [0, 0.1) is 0 Å². The van der Waals surface area contributed by atoms with Gasteiger partial charge in [0.1, 0.15) is 0 Å². The molecule has 0 spiro atoms. The molecule has 5 heteroatoms. The van der Waals surface area contributed by atoms with Gasteiger partial charge in [0.05, 0.1) is 11.6 Å². The maximum absolute atomic E-state index is 11.4. The van der Waals surface area contributed by atoms with E-state index in [1.54, 1.807) is 6.07 Å². The van der Waals surface area contributed by atoms with Gasteiger partial charge in [-0.1, -0.05) is 11.6 Å². The van der Waals surface area contributed by atoms with Crippen molar-refractivity contribution in [3.05, 3.63) is 28.8 Å². The van der Waals surface area contributed by atoms with Crippen LogP contribution in [0.15, 0.2) is 18.2 Å². The zero-order valence-corrected chi connectivity index (χ0v) is 12.6. The van der Waals surface area contributed by atoms with Crippen LogP contribution in [0.25, 0.3) is 0 Å². The number of rotatable bonds is 4. The smallest absolute Gasteiger partial charge is 0.161 e. The summed E-state index contributed by atoms with van der Waals surface area (Å²) in [6.45, 7) is 6.30. The van der Waals surface area contributed by atoms with Gasteiger partial charge in [-0.25, -0.2) is 0 Å². The average Bonchev–Trinajstić information content (AvgIpc) is 2.64. The molecule has 4 nitrogen and oxygen atoms in total. The number of Topliss-reactive ketones (excluding diaryl/α,β-unsaturated/α-hetero) is 1. The summed E-state index contributed by atoms with van der Waals surface area (Å²) >= 11 is 6.17. The summed E-state index contributed by atoms with van der Waals surface area (Å²) in [6.07, 6.45) is 1.06. The van der Waals surface area contributed by atoms with Gasteiger partial charge in [0.2, 0.25) is 0 Å². The van der Waals surface area contributed by atoms with Crippen LogP contribution in [-0.2, 0) is 0 Å². The maximum atomic E-state index is 11.4. The predicted octanol–water partition coefficient (Wildman–Crippen LogP) is 2.05. The van der Waals surface area contributed by atoms with Crippen molar-refractivity contribution >= 4 is 23.1 Å². The van der Waals surface area contributed by atoms with E-state index in [2.05, 4.69) is 9.80 Å². The molecule has 1 aromatic carbocycles. The number of carbonyl (C=O) groups excluding carboxylic acids is 1. The zero-order chi connectivity index (χ0) is 14.5. The van der Waals surface area contributed by atoms with Gasteiger partial charge in [-0.3, -0.25) is 9.69 Å². The molecule has 1 aliphatic heterocycles. The van der Waals surface area contributed by atoms with Crippen LogP contribution in [0.4, 0.5) is 5.69 Å². The number of benzene rings is 1. The van der Waals surface area contributed by atoms with Crippen molar-refractivity contribution in [3.8, 4) is 0 Å². The molecular weight excluding hydrogens is 276 g/mol. The summed E-state index contributed by atoms with van der Waals surface area (Å²) in [5, 5.41) is 9.53. The van der Waals surface area contributed by atoms with Crippen molar-refractivity contribution < 1.29 is 9.90 Å². The standard InChI is InChI=1S/C15H21ClN2O2/c1-12(20)14-4-3-13(11-15(14)16)18-6-2-5-17(7-8-18)9-10-19/h3-4,11,19H,2,5-10H2,1H3. The Morgan fingerprint density at radius 2 is 2.10 bits per heavy atom. The first kappa shape index (κ1) is 15.3. The topological polar surface area (TPSA) is 43.8 Å². The lowest BCUT2D eigenvalue weighted by molar-refractivity contribution is 0.101. The number of β-amino-alcohol motifs (C(OH)–C–C–N with tert-alkyl or cyclic N) is 1. The Balaban J connectivity index is 2.08. The minimum absolute atomic E-state index is 0.00784. The van der Waals surface area contributed by atoms with Gasteiger partial charge >= 0.3 is 0 Å². The third kappa shape index (κ3) is 3.72. The number of hydrogen-bond donors (Lipinski definition) is 1. The average molecular weight is 297 g/mol. The molecule has 2 rings (SSSR count). The lowest BCUT2D eigenvalue weighted by Gasteiger charge is -2.24. The summed E-state index contributed by atoms with van der Waals surface area (Å²) in [7, 11) is 0. The van der Waals surface area contributed by atoms with E-state index in [4.69, 9.17) is 16.7 Å². The second-order valence-corrected chi connectivity index (χ2v) is 5.53. The molecule has 0 bridgehead atoms. The van der Waals surface area contributed by atoms with Crippen LogP contribution in [0.3, 0.4) is 0 Å². The molecule has 1 aliphatic rings. The Morgan fingerprint density at radius 3 is 2.75 bits per heavy atom. The molecule has 110 valence electrons. The van der Waals surface area contributed by atoms with Gasteiger partial charge < -0.3 is 10.0 Å². The molecule has 0 aliphatic carbocycles. The minimum atomic E-state index is -0.00784. The highest BCUT2D eigenvalue weighted by Crippen LogP contribution is 2.25. The zero-order valence-electron chi connectivity index (χ0n) is 11.8. The number of carbonyl (C=O) groups is 1. The second kappa shape index (κ2) is 7.07. The van der Waals surface area contributed by atoms with Crippen molar-refractivity contribution in [3.63, 3.8) is 0 Å². The van der Waals surface area contributed by atoms with Gasteiger partial charge in [0.15, 0.2) is 5.78 Å². The molecule has 0 radical (unpaired) electrons. The van der Waals surface area contributed by atoms with E-state index in [0.29, 0.717) is 10.6 Å². The molecule has 0 atom stereocenters. The Morgan fingerprint density at radius 1 is 1.30 bits per heavy atom. The van der Waals surface area contributed by atoms with Crippen molar-refractivity contribution in [1.82, 2.24) is 4.90 Å². The number of ketones is 1. The van der Waals surface area contributed by atoms with E-state index in [-0.39, 0.29) is 12.4 Å². The lowest BCUT2D eigenvalue weighted by Crippen LogP contribution is -2.32. The van der Waals surface area contributed by atoms with Crippen LogP contribution in [0.5, 0.6) is 0 Å². The number of aliphatic hydroxyl groups excluding tert-OH is 1. The van der Waals surface area contributed by atoms with Gasteiger partial charge in [0, 0.05) is 37.4 Å². The van der Waals surface area contributed by atoms with Crippen molar-refractivity contribution in [1.29, 1.82) is 0 Å². The van der Waals surface area contributed by atoms with Gasteiger partial charge in [-0.2, -0.15) is 0 Å². The minimum Gasteiger partial charge on any atom is -0.395 e. The molecule has 0 unspecified atom stereocenters. The van der Waals surface area contributed by atoms with E-state index in [1.165, 1.54) is 6.92 Å². The Bertz CT molecular complexity index is 479. The summed E-state index contributed by atoms with van der Waals surface area (Å²) in [5.74, 6) is -0.00784. The summed E-state index contributed by atoms with van der Waals surface area (Å²) in [4.78, 5) is 15.9. The first-order chi connectivity index (χ1) is 9.61. The normalized spacial score (nSPS) is 17.1. The van der Waals surface area contributed by atoms with Crippen LogP contribution in [-0.4, -0.2) is 55.1 Å². The number of hydrogen-bond acceptors (Lipinski definition) is 4. The number of anilines is 1. The molecule has 1 aromatic rings. The second-order valence-electron chi connectivity index (χ2n) is 5.13. The Hall–Kier alpha value is -1.10. The molecule has 20 heavy (non-hydrogen) atoms. The van der Waals surface area contributed by atoms with Crippen molar-refractivity contribution in [2.45, 2.75) is 13.3 Å². The Labute approximate surface area is 124 Å².